The van der Waals surface area contributed by atoms with Crippen LogP contribution >= 0.6 is 11.6 Å². The number of carbonyl (C=O) groups is 1. The summed E-state index contributed by atoms with van der Waals surface area (Å²) in [7, 11) is 0. The molecule has 2 heterocycles. The molecule has 0 saturated carbocycles. The minimum absolute atomic E-state index is 0.180. The molecule has 0 aliphatic carbocycles. The van der Waals surface area contributed by atoms with E-state index in [9.17, 15) is 9.18 Å². The van der Waals surface area contributed by atoms with Gasteiger partial charge >= 0.3 is 0 Å². The van der Waals surface area contributed by atoms with E-state index in [1.165, 1.54) is 25.0 Å². The fraction of sp³-hybridized carbons (Fsp3) is 0.533. The lowest BCUT2D eigenvalue weighted by molar-refractivity contribution is -0.117. The SMILES string of the molecule is O=C(CN1C[C@@H]2CCCN[C@@H]2C1)Nc1ccc(Cl)cc1F. The second-order valence-electron chi connectivity index (χ2n) is 5.83. The van der Waals surface area contributed by atoms with Crippen LogP contribution in [-0.4, -0.2) is 43.0 Å². The van der Waals surface area contributed by atoms with Crippen LogP contribution in [0.1, 0.15) is 12.8 Å². The minimum atomic E-state index is -0.507. The van der Waals surface area contributed by atoms with Crippen LogP contribution in [-0.2, 0) is 4.79 Å². The Morgan fingerprint density at radius 2 is 2.33 bits per heavy atom. The fourth-order valence-electron chi connectivity index (χ4n) is 3.25. The molecule has 2 atom stereocenters. The van der Waals surface area contributed by atoms with Crippen molar-refractivity contribution in [2.45, 2.75) is 18.9 Å². The van der Waals surface area contributed by atoms with E-state index in [0.29, 0.717) is 23.5 Å². The number of fused-ring (bicyclic) bond motifs is 1. The highest BCUT2D eigenvalue weighted by atomic mass is 35.5. The molecule has 2 saturated heterocycles. The molecule has 2 fully saturated rings. The summed E-state index contributed by atoms with van der Waals surface area (Å²) in [4.78, 5) is 14.2. The summed E-state index contributed by atoms with van der Waals surface area (Å²) in [6.45, 7) is 3.20. The molecule has 0 spiro atoms. The number of halogens is 2. The van der Waals surface area contributed by atoms with E-state index in [2.05, 4.69) is 15.5 Å². The van der Waals surface area contributed by atoms with Gasteiger partial charge in [-0.3, -0.25) is 9.69 Å². The highest BCUT2D eigenvalue weighted by Crippen LogP contribution is 2.25. The average Bonchev–Trinajstić information content (AvgIpc) is 2.84. The summed E-state index contributed by atoms with van der Waals surface area (Å²) in [5, 5.41) is 6.43. The molecule has 6 heteroatoms. The molecule has 2 N–H and O–H groups in total. The molecule has 3 rings (SSSR count). The predicted octanol–water partition coefficient (Wildman–Crippen LogP) is 2.10. The first-order chi connectivity index (χ1) is 10.1. The highest BCUT2D eigenvalue weighted by molar-refractivity contribution is 6.30. The lowest BCUT2D eigenvalue weighted by Gasteiger charge is -2.24. The van der Waals surface area contributed by atoms with Gasteiger partial charge in [-0.25, -0.2) is 4.39 Å². The molecular weight excluding hydrogens is 293 g/mol. The van der Waals surface area contributed by atoms with Gasteiger partial charge in [0.25, 0.3) is 0 Å². The van der Waals surface area contributed by atoms with Crippen molar-refractivity contribution in [2.75, 3.05) is 31.5 Å². The lowest BCUT2D eigenvalue weighted by atomic mass is 9.94. The van der Waals surface area contributed by atoms with E-state index in [0.717, 1.165) is 19.6 Å². The Kier molecular flexibility index (Phi) is 4.42. The number of hydrogen-bond donors (Lipinski definition) is 2. The molecule has 114 valence electrons. The highest BCUT2D eigenvalue weighted by Gasteiger charge is 2.34. The molecule has 2 aliphatic heterocycles. The number of benzene rings is 1. The van der Waals surface area contributed by atoms with E-state index in [1.807, 2.05) is 0 Å². The van der Waals surface area contributed by atoms with Gasteiger partial charge in [0.1, 0.15) is 5.82 Å². The van der Waals surface area contributed by atoms with Crippen molar-refractivity contribution >= 4 is 23.2 Å². The van der Waals surface area contributed by atoms with Crippen LogP contribution in [0.3, 0.4) is 0 Å². The summed E-state index contributed by atoms with van der Waals surface area (Å²) < 4.78 is 13.6. The molecular formula is C15H19ClFN3O. The Morgan fingerprint density at radius 1 is 1.48 bits per heavy atom. The van der Waals surface area contributed by atoms with Crippen molar-refractivity contribution < 1.29 is 9.18 Å². The first kappa shape index (κ1) is 14.8. The Hall–Kier alpha value is -1.17. The molecule has 1 aromatic carbocycles. The van der Waals surface area contributed by atoms with Crippen LogP contribution in [0.15, 0.2) is 18.2 Å². The number of nitrogens with one attached hydrogen (secondary N) is 2. The molecule has 0 radical (unpaired) electrons. The van der Waals surface area contributed by atoms with Crippen molar-refractivity contribution in [1.82, 2.24) is 10.2 Å². The van der Waals surface area contributed by atoms with E-state index in [4.69, 9.17) is 11.6 Å². The first-order valence-electron chi connectivity index (χ1n) is 7.32. The van der Waals surface area contributed by atoms with Gasteiger partial charge in [0.05, 0.1) is 12.2 Å². The van der Waals surface area contributed by atoms with Crippen molar-refractivity contribution in [3.8, 4) is 0 Å². The number of anilines is 1. The first-order valence-corrected chi connectivity index (χ1v) is 7.70. The van der Waals surface area contributed by atoms with Crippen LogP contribution in [0, 0.1) is 11.7 Å². The Labute approximate surface area is 128 Å². The molecule has 1 aromatic rings. The maximum absolute atomic E-state index is 13.6. The number of piperidine rings is 1. The predicted molar refractivity (Wildman–Crippen MR) is 81.0 cm³/mol. The quantitative estimate of drug-likeness (QED) is 0.898. The fourth-order valence-corrected chi connectivity index (χ4v) is 3.41. The lowest BCUT2D eigenvalue weighted by Crippen LogP contribution is -2.41. The van der Waals surface area contributed by atoms with Gasteiger partial charge in [-0.2, -0.15) is 0 Å². The molecule has 0 aromatic heterocycles. The minimum Gasteiger partial charge on any atom is -0.322 e. The van der Waals surface area contributed by atoms with Gasteiger partial charge in [0.15, 0.2) is 0 Å². The standard InChI is InChI=1S/C15H19ClFN3O/c16-11-3-4-13(12(17)6-11)19-15(21)9-20-7-10-2-1-5-18-14(10)8-20/h3-4,6,10,14,18H,1-2,5,7-9H2,(H,19,21)/t10-,14+/m0/s1. The van der Waals surface area contributed by atoms with Gasteiger partial charge in [-0.1, -0.05) is 11.6 Å². The normalized spacial score (nSPS) is 25.6. The average molecular weight is 312 g/mol. The molecule has 0 bridgehead atoms. The Bertz CT molecular complexity index is 526. The second-order valence-corrected chi connectivity index (χ2v) is 6.27. The number of nitrogens with zero attached hydrogens (tertiary/aromatic N) is 1. The third-order valence-electron chi connectivity index (χ3n) is 4.25. The molecule has 0 unspecified atom stereocenters. The maximum Gasteiger partial charge on any atom is 0.238 e. The third kappa shape index (κ3) is 3.54. The number of hydrogen-bond acceptors (Lipinski definition) is 3. The van der Waals surface area contributed by atoms with E-state index in [-0.39, 0.29) is 11.6 Å². The second kappa shape index (κ2) is 6.30. The summed E-state index contributed by atoms with van der Waals surface area (Å²) >= 11 is 5.69. The number of likely N-dealkylation sites (tertiary alicyclic amines) is 1. The van der Waals surface area contributed by atoms with Crippen LogP contribution in [0.2, 0.25) is 5.02 Å². The van der Waals surface area contributed by atoms with Gasteiger partial charge in [0.2, 0.25) is 5.91 Å². The van der Waals surface area contributed by atoms with Crippen molar-refractivity contribution in [2.24, 2.45) is 5.92 Å². The van der Waals surface area contributed by atoms with E-state index in [1.54, 1.807) is 6.07 Å². The van der Waals surface area contributed by atoms with Gasteiger partial charge < -0.3 is 10.6 Å². The molecule has 2 aliphatic rings. The summed E-state index contributed by atoms with van der Waals surface area (Å²) in [6.07, 6.45) is 2.43. The monoisotopic (exact) mass is 311 g/mol. The van der Waals surface area contributed by atoms with Gasteiger partial charge in [-0.05, 0) is 43.5 Å². The zero-order chi connectivity index (χ0) is 14.8. The van der Waals surface area contributed by atoms with Crippen molar-refractivity contribution in [1.29, 1.82) is 0 Å². The maximum atomic E-state index is 13.6. The van der Waals surface area contributed by atoms with Gasteiger partial charge in [-0.15, -0.1) is 0 Å². The zero-order valence-corrected chi connectivity index (χ0v) is 12.5. The number of carbonyl (C=O) groups excluding carboxylic acids is 1. The number of amides is 1. The van der Waals surface area contributed by atoms with E-state index < -0.39 is 5.82 Å². The smallest absolute Gasteiger partial charge is 0.238 e. The van der Waals surface area contributed by atoms with Crippen LogP contribution in [0.4, 0.5) is 10.1 Å². The van der Waals surface area contributed by atoms with Crippen LogP contribution < -0.4 is 10.6 Å². The van der Waals surface area contributed by atoms with Crippen molar-refractivity contribution in [3.05, 3.63) is 29.0 Å². The Morgan fingerprint density at radius 3 is 3.10 bits per heavy atom. The zero-order valence-electron chi connectivity index (χ0n) is 11.7. The Balaban J connectivity index is 1.55. The summed E-state index contributed by atoms with van der Waals surface area (Å²) in [5.41, 5.74) is 0.180. The molecule has 1 amide bonds. The number of rotatable bonds is 3. The van der Waals surface area contributed by atoms with Crippen LogP contribution in [0.25, 0.3) is 0 Å². The summed E-state index contributed by atoms with van der Waals surface area (Å²) in [5.74, 6) is -0.0544. The largest absolute Gasteiger partial charge is 0.322 e. The van der Waals surface area contributed by atoms with Gasteiger partial charge in [0, 0.05) is 24.2 Å². The summed E-state index contributed by atoms with van der Waals surface area (Å²) in [6, 6.07) is 4.75. The van der Waals surface area contributed by atoms with Crippen molar-refractivity contribution in [3.63, 3.8) is 0 Å². The van der Waals surface area contributed by atoms with E-state index >= 15 is 0 Å². The topological polar surface area (TPSA) is 44.4 Å². The third-order valence-corrected chi connectivity index (χ3v) is 4.48. The molecule has 4 nitrogen and oxygen atoms in total. The molecule has 21 heavy (non-hydrogen) atoms. The van der Waals surface area contributed by atoms with Crippen LogP contribution in [0.5, 0.6) is 0 Å².